The normalized spacial score (nSPS) is 10.6. The van der Waals surface area contributed by atoms with E-state index in [0.29, 0.717) is 18.0 Å². The van der Waals surface area contributed by atoms with E-state index in [1.54, 1.807) is 19.2 Å². The van der Waals surface area contributed by atoms with Gasteiger partial charge < -0.3 is 10.5 Å². The molecule has 0 aliphatic carbocycles. The average molecular weight is 275 g/mol. The van der Waals surface area contributed by atoms with E-state index in [1.807, 2.05) is 12.1 Å². The predicted molar refractivity (Wildman–Crippen MR) is 75.6 cm³/mol. The smallest absolute Gasteiger partial charge is 0.330 e. The molecule has 0 saturated carbocycles. The van der Waals surface area contributed by atoms with E-state index in [1.165, 1.54) is 17.7 Å². The van der Waals surface area contributed by atoms with Crippen LogP contribution in [0.4, 0.5) is 0 Å². The van der Waals surface area contributed by atoms with Crippen LogP contribution in [0.25, 0.3) is 0 Å². The van der Waals surface area contributed by atoms with E-state index in [-0.39, 0.29) is 17.9 Å². The summed E-state index contributed by atoms with van der Waals surface area (Å²) in [6.45, 7) is 0.632. The van der Waals surface area contributed by atoms with Crippen LogP contribution in [0, 0.1) is 0 Å². The van der Waals surface area contributed by atoms with Crippen molar-refractivity contribution < 1.29 is 4.74 Å². The molecule has 0 saturated heterocycles. The SMILES string of the molecule is Cn1c(COc2ccc(CN)cc2)cc(=O)n(C)c1=O. The van der Waals surface area contributed by atoms with Gasteiger partial charge in [-0.15, -0.1) is 0 Å². The third kappa shape index (κ3) is 2.80. The Bertz CT molecular complexity index is 714. The van der Waals surface area contributed by atoms with Crippen molar-refractivity contribution in [3.05, 3.63) is 62.4 Å². The summed E-state index contributed by atoms with van der Waals surface area (Å²) in [5.41, 5.74) is 6.35. The number of rotatable bonds is 4. The van der Waals surface area contributed by atoms with Gasteiger partial charge in [0.1, 0.15) is 12.4 Å². The second-order valence-corrected chi connectivity index (χ2v) is 4.51. The topological polar surface area (TPSA) is 79.2 Å². The van der Waals surface area contributed by atoms with E-state index < -0.39 is 0 Å². The first-order valence-electron chi connectivity index (χ1n) is 6.20. The van der Waals surface area contributed by atoms with Gasteiger partial charge in [0, 0.05) is 26.7 Å². The van der Waals surface area contributed by atoms with Crippen LogP contribution in [0.2, 0.25) is 0 Å². The lowest BCUT2D eigenvalue weighted by Gasteiger charge is -2.11. The molecule has 1 heterocycles. The molecule has 20 heavy (non-hydrogen) atoms. The molecular weight excluding hydrogens is 258 g/mol. The predicted octanol–water partition coefficient (Wildman–Crippen LogP) is 0.122. The van der Waals surface area contributed by atoms with Gasteiger partial charge in [-0.3, -0.25) is 13.9 Å². The summed E-state index contributed by atoms with van der Waals surface area (Å²) in [4.78, 5) is 23.3. The summed E-state index contributed by atoms with van der Waals surface area (Å²) in [5.74, 6) is 0.662. The fourth-order valence-electron chi connectivity index (χ4n) is 1.80. The molecule has 0 unspecified atom stereocenters. The molecule has 2 aromatic rings. The molecule has 0 atom stereocenters. The number of hydrogen-bond acceptors (Lipinski definition) is 4. The molecule has 0 bridgehead atoms. The van der Waals surface area contributed by atoms with E-state index in [9.17, 15) is 9.59 Å². The Labute approximate surface area is 116 Å². The minimum Gasteiger partial charge on any atom is -0.487 e. The van der Waals surface area contributed by atoms with Gasteiger partial charge in [-0.1, -0.05) is 12.1 Å². The quantitative estimate of drug-likeness (QED) is 0.859. The van der Waals surface area contributed by atoms with Gasteiger partial charge in [0.15, 0.2) is 0 Å². The van der Waals surface area contributed by atoms with Gasteiger partial charge in [0.05, 0.1) is 5.69 Å². The van der Waals surface area contributed by atoms with Crippen molar-refractivity contribution in [2.45, 2.75) is 13.2 Å². The van der Waals surface area contributed by atoms with E-state index >= 15 is 0 Å². The first-order valence-corrected chi connectivity index (χ1v) is 6.20. The third-order valence-corrected chi connectivity index (χ3v) is 3.17. The van der Waals surface area contributed by atoms with Crippen LogP contribution in [-0.4, -0.2) is 9.13 Å². The fourth-order valence-corrected chi connectivity index (χ4v) is 1.80. The molecule has 1 aromatic carbocycles. The van der Waals surface area contributed by atoms with Crippen LogP contribution in [0.15, 0.2) is 39.9 Å². The van der Waals surface area contributed by atoms with Gasteiger partial charge in [-0.25, -0.2) is 4.79 Å². The highest BCUT2D eigenvalue weighted by Crippen LogP contribution is 2.13. The van der Waals surface area contributed by atoms with Gasteiger partial charge >= 0.3 is 5.69 Å². The van der Waals surface area contributed by atoms with E-state index in [2.05, 4.69) is 0 Å². The largest absolute Gasteiger partial charge is 0.487 e. The maximum absolute atomic E-state index is 11.8. The summed E-state index contributed by atoms with van der Waals surface area (Å²) in [5, 5.41) is 0. The van der Waals surface area contributed by atoms with Gasteiger partial charge in [-0.05, 0) is 17.7 Å². The lowest BCUT2D eigenvalue weighted by Crippen LogP contribution is -2.38. The van der Waals surface area contributed by atoms with Crippen molar-refractivity contribution in [2.24, 2.45) is 19.8 Å². The molecule has 0 spiro atoms. The molecule has 1 aromatic heterocycles. The molecule has 6 nitrogen and oxygen atoms in total. The summed E-state index contributed by atoms with van der Waals surface area (Å²) in [6, 6.07) is 8.76. The van der Waals surface area contributed by atoms with Gasteiger partial charge in [-0.2, -0.15) is 0 Å². The number of ether oxygens (including phenoxy) is 1. The van der Waals surface area contributed by atoms with Crippen molar-refractivity contribution in [1.82, 2.24) is 9.13 Å². The van der Waals surface area contributed by atoms with Crippen molar-refractivity contribution in [3.63, 3.8) is 0 Å². The number of aromatic nitrogens is 2. The van der Waals surface area contributed by atoms with E-state index in [4.69, 9.17) is 10.5 Å². The summed E-state index contributed by atoms with van der Waals surface area (Å²) in [6.07, 6.45) is 0. The first-order chi connectivity index (χ1) is 9.52. The summed E-state index contributed by atoms with van der Waals surface area (Å²) >= 11 is 0. The van der Waals surface area contributed by atoms with Crippen LogP contribution in [0.5, 0.6) is 5.75 Å². The van der Waals surface area contributed by atoms with Crippen LogP contribution >= 0.6 is 0 Å². The first kappa shape index (κ1) is 14.1. The van der Waals surface area contributed by atoms with Crippen molar-refractivity contribution in [1.29, 1.82) is 0 Å². The van der Waals surface area contributed by atoms with Crippen LogP contribution < -0.4 is 21.7 Å². The highest BCUT2D eigenvalue weighted by Gasteiger charge is 2.06. The Morgan fingerprint density at radius 3 is 2.35 bits per heavy atom. The highest BCUT2D eigenvalue weighted by molar-refractivity contribution is 5.27. The van der Waals surface area contributed by atoms with Gasteiger partial charge in [0.2, 0.25) is 0 Å². The molecule has 6 heteroatoms. The molecule has 2 N–H and O–H groups in total. The van der Waals surface area contributed by atoms with Crippen molar-refractivity contribution >= 4 is 0 Å². The third-order valence-electron chi connectivity index (χ3n) is 3.17. The number of benzene rings is 1. The molecule has 2 rings (SSSR count). The monoisotopic (exact) mass is 275 g/mol. The van der Waals surface area contributed by atoms with Crippen molar-refractivity contribution in [2.75, 3.05) is 0 Å². The van der Waals surface area contributed by atoms with Crippen molar-refractivity contribution in [3.8, 4) is 5.75 Å². The fraction of sp³-hybridized carbons (Fsp3) is 0.286. The number of nitrogens with two attached hydrogens (primary N) is 1. The molecule has 0 aliphatic heterocycles. The Morgan fingerprint density at radius 2 is 1.75 bits per heavy atom. The number of hydrogen-bond donors (Lipinski definition) is 1. The number of nitrogens with zero attached hydrogens (tertiary/aromatic N) is 2. The summed E-state index contributed by atoms with van der Waals surface area (Å²) in [7, 11) is 3.05. The zero-order chi connectivity index (χ0) is 14.7. The molecule has 0 aliphatic rings. The molecule has 0 amide bonds. The Morgan fingerprint density at radius 1 is 1.10 bits per heavy atom. The second-order valence-electron chi connectivity index (χ2n) is 4.51. The lowest BCUT2D eigenvalue weighted by atomic mass is 10.2. The lowest BCUT2D eigenvalue weighted by molar-refractivity contribution is 0.293. The Hall–Kier alpha value is -2.34. The zero-order valence-electron chi connectivity index (χ0n) is 11.5. The molecule has 0 fully saturated rings. The second kappa shape index (κ2) is 5.75. The maximum Gasteiger partial charge on any atom is 0.330 e. The average Bonchev–Trinajstić information content (AvgIpc) is 2.48. The van der Waals surface area contributed by atoms with E-state index in [0.717, 1.165) is 10.1 Å². The van der Waals surface area contributed by atoms with Crippen LogP contribution in [-0.2, 0) is 27.2 Å². The Balaban J connectivity index is 2.18. The maximum atomic E-state index is 11.8. The highest BCUT2D eigenvalue weighted by atomic mass is 16.5. The zero-order valence-corrected chi connectivity index (χ0v) is 11.5. The Kier molecular flexibility index (Phi) is 4.05. The minimum atomic E-state index is -0.366. The van der Waals surface area contributed by atoms with Crippen LogP contribution in [0.3, 0.4) is 0 Å². The summed E-state index contributed by atoms with van der Waals surface area (Å²) < 4.78 is 8.03. The molecular formula is C14H17N3O3. The van der Waals surface area contributed by atoms with Gasteiger partial charge in [0.25, 0.3) is 5.56 Å². The molecule has 0 radical (unpaired) electrons. The van der Waals surface area contributed by atoms with Crippen LogP contribution in [0.1, 0.15) is 11.3 Å². The molecule has 106 valence electrons. The standard InChI is InChI=1S/C14H17N3O3/c1-16-11(7-13(18)17(2)14(16)19)9-20-12-5-3-10(8-15)4-6-12/h3-7H,8-9,15H2,1-2H3. The minimum absolute atomic E-state index is 0.157.